The Balaban J connectivity index is 1.68. The number of rotatable bonds is 5. The van der Waals surface area contributed by atoms with E-state index >= 15 is 0 Å². The largest absolute Gasteiger partial charge is 0.482 e. The molecule has 0 radical (unpaired) electrons. The molecule has 154 valence electrons. The molecule has 1 atom stereocenters. The van der Waals surface area contributed by atoms with Crippen LogP contribution in [0.1, 0.15) is 20.8 Å². The smallest absolute Gasteiger partial charge is 0.329 e. The van der Waals surface area contributed by atoms with Crippen LogP contribution in [0.15, 0.2) is 48.0 Å². The lowest BCUT2D eigenvalue weighted by molar-refractivity contribution is -0.149. The standard InChI is InChI=1S/C22H21N3O4S/c1-13(2)29-22(27)14(3)25-18-10-15(7-8-19(18)28-11-20(25)26)17-12-30-21(24-17)16-6-4-5-9-23-16/h4-10,12-14H,11H2,1-3H3. The van der Waals surface area contributed by atoms with Gasteiger partial charge in [0.05, 0.1) is 23.2 Å². The number of pyridine rings is 1. The van der Waals surface area contributed by atoms with Gasteiger partial charge in [-0.3, -0.25) is 14.7 Å². The molecular weight excluding hydrogens is 402 g/mol. The first-order valence-corrected chi connectivity index (χ1v) is 10.5. The van der Waals surface area contributed by atoms with Gasteiger partial charge in [0.2, 0.25) is 0 Å². The Morgan fingerprint density at radius 3 is 2.77 bits per heavy atom. The lowest BCUT2D eigenvalue weighted by Crippen LogP contribution is -2.49. The van der Waals surface area contributed by atoms with Gasteiger partial charge in [-0.1, -0.05) is 6.07 Å². The number of fused-ring (bicyclic) bond motifs is 1. The monoisotopic (exact) mass is 423 g/mol. The van der Waals surface area contributed by atoms with Crippen LogP contribution in [0, 0.1) is 0 Å². The van der Waals surface area contributed by atoms with Crippen LogP contribution in [0.25, 0.3) is 22.0 Å². The third-order valence-corrected chi connectivity index (χ3v) is 5.47. The number of benzene rings is 1. The van der Waals surface area contributed by atoms with Gasteiger partial charge in [0.1, 0.15) is 16.8 Å². The first-order valence-electron chi connectivity index (χ1n) is 9.60. The summed E-state index contributed by atoms with van der Waals surface area (Å²) in [6.07, 6.45) is 1.47. The maximum Gasteiger partial charge on any atom is 0.329 e. The summed E-state index contributed by atoms with van der Waals surface area (Å²) in [5, 5.41) is 2.75. The predicted octanol–water partition coefficient (Wildman–Crippen LogP) is 3.94. The van der Waals surface area contributed by atoms with Gasteiger partial charge in [-0.15, -0.1) is 11.3 Å². The van der Waals surface area contributed by atoms with Crippen LogP contribution in [0.2, 0.25) is 0 Å². The van der Waals surface area contributed by atoms with E-state index in [-0.39, 0.29) is 18.6 Å². The fourth-order valence-corrected chi connectivity index (χ4v) is 4.01. The Kier molecular flexibility index (Phi) is 5.50. The highest BCUT2D eigenvalue weighted by Gasteiger charge is 2.34. The Bertz CT molecular complexity index is 1080. The van der Waals surface area contributed by atoms with Crippen molar-refractivity contribution in [2.75, 3.05) is 11.5 Å². The molecule has 30 heavy (non-hydrogen) atoms. The average molecular weight is 423 g/mol. The molecule has 1 amide bonds. The molecule has 1 aliphatic heterocycles. The van der Waals surface area contributed by atoms with Gasteiger partial charge in [-0.2, -0.15) is 0 Å². The zero-order valence-corrected chi connectivity index (χ0v) is 17.7. The van der Waals surface area contributed by atoms with Crippen LogP contribution in [-0.2, 0) is 14.3 Å². The quantitative estimate of drug-likeness (QED) is 0.578. The summed E-state index contributed by atoms with van der Waals surface area (Å²) >= 11 is 1.49. The van der Waals surface area contributed by atoms with Crippen molar-refractivity contribution in [2.24, 2.45) is 0 Å². The summed E-state index contributed by atoms with van der Waals surface area (Å²) < 4.78 is 10.9. The molecule has 2 aromatic heterocycles. The van der Waals surface area contributed by atoms with Crippen molar-refractivity contribution < 1.29 is 19.1 Å². The Morgan fingerprint density at radius 1 is 1.20 bits per heavy atom. The zero-order valence-electron chi connectivity index (χ0n) is 16.9. The van der Waals surface area contributed by atoms with Gasteiger partial charge in [0.15, 0.2) is 6.61 Å². The second-order valence-electron chi connectivity index (χ2n) is 7.15. The molecule has 0 N–H and O–H groups in total. The molecule has 0 bridgehead atoms. The lowest BCUT2D eigenvalue weighted by Gasteiger charge is -2.33. The highest BCUT2D eigenvalue weighted by Crippen LogP contribution is 2.38. The number of carbonyl (C=O) groups excluding carboxylic acids is 2. The number of carbonyl (C=O) groups is 2. The molecule has 7 nitrogen and oxygen atoms in total. The summed E-state index contributed by atoms with van der Waals surface area (Å²) in [6, 6.07) is 10.4. The van der Waals surface area contributed by atoms with Crippen molar-refractivity contribution in [1.82, 2.24) is 9.97 Å². The predicted molar refractivity (Wildman–Crippen MR) is 114 cm³/mol. The molecule has 0 aliphatic carbocycles. The normalized spacial score (nSPS) is 14.3. The van der Waals surface area contributed by atoms with Gasteiger partial charge >= 0.3 is 5.97 Å². The van der Waals surface area contributed by atoms with Gasteiger partial charge in [0.25, 0.3) is 5.91 Å². The van der Waals surface area contributed by atoms with E-state index in [1.54, 1.807) is 33.0 Å². The molecule has 4 rings (SSSR count). The minimum absolute atomic E-state index is 0.119. The van der Waals surface area contributed by atoms with Crippen molar-refractivity contribution in [3.8, 4) is 27.7 Å². The lowest BCUT2D eigenvalue weighted by atomic mass is 10.1. The number of nitrogens with zero attached hydrogens (tertiary/aromatic N) is 3. The van der Waals surface area contributed by atoms with Crippen LogP contribution < -0.4 is 9.64 Å². The van der Waals surface area contributed by atoms with Crippen molar-refractivity contribution in [1.29, 1.82) is 0 Å². The Morgan fingerprint density at radius 2 is 2.03 bits per heavy atom. The highest BCUT2D eigenvalue weighted by molar-refractivity contribution is 7.13. The molecule has 1 aromatic carbocycles. The number of esters is 1. The summed E-state index contributed by atoms with van der Waals surface area (Å²) in [5.74, 6) is -0.203. The van der Waals surface area contributed by atoms with E-state index in [2.05, 4.69) is 9.97 Å². The fourth-order valence-electron chi connectivity index (χ4n) is 3.20. The topological polar surface area (TPSA) is 81.6 Å². The first-order chi connectivity index (χ1) is 14.4. The van der Waals surface area contributed by atoms with Crippen LogP contribution in [-0.4, -0.2) is 40.6 Å². The molecule has 0 fully saturated rings. The minimum Gasteiger partial charge on any atom is -0.482 e. The van der Waals surface area contributed by atoms with E-state index in [0.717, 1.165) is 22.0 Å². The highest BCUT2D eigenvalue weighted by atomic mass is 32.1. The van der Waals surface area contributed by atoms with Gasteiger partial charge in [0, 0.05) is 17.1 Å². The Hall–Kier alpha value is -3.26. The summed E-state index contributed by atoms with van der Waals surface area (Å²) in [7, 11) is 0. The number of thiazole rings is 1. The Labute approximate surface area is 178 Å². The zero-order chi connectivity index (χ0) is 21.3. The number of hydrogen-bond donors (Lipinski definition) is 0. The molecule has 3 heterocycles. The number of hydrogen-bond acceptors (Lipinski definition) is 7. The van der Waals surface area contributed by atoms with E-state index in [1.807, 2.05) is 35.7 Å². The molecule has 8 heteroatoms. The van der Waals surface area contributed by atoms with Crippen LogP contribution in [0.4, 0.5) is 5.69 Å². The molecule has 0 spiro atoms. The molecule has 3 aromatic rings. The van der Waals surface area contributed by atoms with E-state index in [1.165, 1.54) is 16.2 Å². The number of aromatic nitrogens is 2. The molecule has 1 aliphatic rings. The number of anilines is 1. The van der Waals surface area contributed by atoms with E-state index < -0.39 is 12.0 Å². The first kappa shape index (κ1) is 20.0. The van der Waals surface area contributed by atoms with Crippen molar-refractivity contribution in [2.45, 2.75) is 32.9 Å². The fraction of sp³-hybridized carbons (Fsp3) is 0.273. The molecule has 0 saturated carbocycles. The number of amides is 1. The maximum absolute atomic E-state index is 12.6. The summed E-state index contributed by atoms with van der Waals surface area (Å²) in [6.45, 7) is 5.09. The van der Waals surface area contributed by atoms with Gasteiger partial charge < -0.3 is 9.47 Å². The molecular formula is C22H21N3O4S. The van der Waals surface area contributed by atoms with Crippen molar-refractivity contribution in [3.05, 3.63) is 48.0 Å². The molecule has 0 saturated heterocycles. The average Bonchev–Trinajstić information content (AvgIpc) is 3.23. The van der Waals surface area contributed by atoms with Crippen LogP contribution >= 0.6 is 11.3 Å². The minimum atomic E-state index is -0.766. The second-order valence-corrected chi connectivity index (χ2v) is 8.01. The van der Waals surface area contributed by atoms with Crippen molar-refractivity contribution in [3.63, 3.8) is 0 Å². The van der Waals surface area contributed by atoms with E-state index in [9.17, 15) is 9.59 Å². The van der Waals surface area contributed by atoms with Crippen LogP contribution in [0.3, 0.4) is 0 Å². The third-order valence-electron chi connectivity index (χ3n) is 4.60. The third kappa shape index (κ3) is 3.91. The van der Waals surface area contributed by atoms with Crippen molar-refractivity contribution >= 4 is 28.9 Å². The second kappa shape index (κ2) is 8.23. The van der Waals surface area contributed by atoms with Crippen LogP contribution in [0.5, 0.6) is 5.75 Å². The summed E-state index contributed by atoms with van der Waals surface area (Å²) in [5.41, 5.74) is 2.92. The number of ether oxygens (including phenoxy) is 2. The van der Waals surface area contributed by atoms with Gasteiger partial charge in [-0.05, 0) is 51.1 Å². The maximum atomic E-state index is 12.6. The SMILES string of the molecule is CC(C)OC(=O)C(C)N1C(=O)COc2ccc(-c3csc(-c4ccccn4)n3)cc21. The van der Waals surface area contributed by atoms with Gasteiger partial charge in [-0.25, -0.2) is 9.78 Å². The molecule has 1 unspecified atom stereocenters. The summed E-state index contributed by atoms with van der Waals surface area (Å²) in [4.78, 5) is 35.5. The van der Waals surface area contributed by atoms with E-state index in [4.69, 9.17) is 9.47 Å². The van der Waals surface area contributed by atoms with E-state index in [0.29, 0.717) is 11.4 Å².